The lowest BCUT2D eigenvalue weighted by Gasteiger charge is -2.24. The van der Waals surface area contributed by atoms with Gasteiger partial charge in [0.25, 0.3) is 0 Å². The van der Waals surface area contributed by atoms with E-state index in [9.17, 15) is 9.50 Å². The lowest BCUT2D eigenvalue weighted by molar-refractivity contribution is 0.0566. The van der Waals surface area contributed by atoms with E-state index in [2.05, 4.69) is 0 Å². The molecule has 0 amide bonds. The van der Waals surface area contributed by atoms with Crippen LogP contribution in [0.2, 0.25) is 5.02 Å². The van der Waals surface area contributed by atoms with Crippen molar-refractivity contribution in [2.24, 2.45) is 0 Å². The van der Waals surface area contributed by atoms with E-state index in [1.807, 2.05) is 31.2 Å². The SMILES string of the molecule is Cc1cccc(C(C)(O)Cc2cccc(Cl)c2F)c1. The van der Waals surface area contributed by atoms with Crippen LogP contribution in [0.15, 0.2) is 42.5 Å². The first-order chi connectivity index (χ1) is 8.90. The van der Waals surface area contributed by atoms with E-state index in [0.29, 0.717) is 5.56 Å². The van der Waals surface area contributed by atoms with E-state index in [1.54, 1.807) is 19.1 Å². The van der Waals surface area contributed by atoms with Gasteiger partial charge in [0, 0.05) is 6.42 Å². The van der Waals surface area contributed by atoms with Crippen LogP contribution in [0.5, 0.6) is 0 Å². The topological polar surface area (TPSA) is 20.2 Å². The second-order valence-electron chi connectivity index (χ2n) is 5.03. The lowest BCUT2D eigenvalue weighted by Crippen LogP contribution is -2.25. The van der Waals surface area contributed by atoms with E-state index < -0.39 is 11.4 Å². The van der Waals surface area contributed by atoms with Crippen LogP contribution in [0.25, 0.3) is 0 Å². The molecule has 0 saturated heterocycles. The number of hydrogen-bond acceptors (Lipinski definition) is 1. The number of hydrogen-bond donors (Lipinski definition) is 1. The van der Waals surface area contributed by atoms with Crippen LogP contribution in [0.1, 0.15) is 23.6 Å². The van der Waals surface area contributed by atoms with Gasteiger partial charge in [-0.3, -0.25) is 0 Å². The van der Waals surface area contributed by atoms with Crippen LogP contribution in [0, 0.1) is 12.7 Å². The summed E-state index contributed by atoms with van der Waals surface area (Å²) in [4.78, 5) is 0. The van der Waals surface area contributed by atoms with E-state index >= 15 is 0 Å². The summed E-state index contributed by atoms with van der Waals surface area (Å²) in [5.41, 5.74) is 1.12. The Morgan fingerprint density at radius 1 is 1.21 bits per heavy atom. The summed E-state index contributed by atoms with van der Waals surface area (Å²) in [6, 6.07) is 12.4. The van der Waals surface area contributed by atoms with Crippen LogP contribution < -0.4 is 0 Å². The van der Waals surface area contributed by atoms with E-state index in [4.69, 9.17) is 11.6 Å². The third kappa shape index (κ3) is 3.14. The van der Waals surface area contributed by atoms with Crippen LogP contribution in [-0.4, -0.2) is 5.11 Å². The van der Waals surface area contributed by atoms with E-state index in [1.165, 1.54) is 6.07 Å². The molecule has 0 aromatic heterocycles. The van der Waals surface area contributed by atoms with Crippen molar-refractivity contribution in [1.82, 2.24) is 0 Å². The van der Waals surface area contributed by atoms with Crippen molar-refractivity contribution in [3.8, 4) is 0 Å². The molecule has 2 aromatic carbocycles. The molecule has 0 heterocycles. The predicted octanol–water partition coefficient (Wildman–Crippen LogP) is 4.24. The molecule has 2 rings (SSSR count). The molecular weight excluding hydrogens is 263 g/mol. The number of rotatable bonds is 3. The van der Waals surface area contributed by atoms with Crippen molar-refractivity contribution in [2.45, 2.75) is 25.9 Å². The highest BCUT2D eigenvalue weighted by Gasteiger charge is 2.25. The highest BCUT2D eigenvalue weighted by atomic mass is 35.5. The summed E-state index contributed by atoms with van der Waals surface area (Å²) < 4.78 is 13.9. The summed E-state index contributed by atoms with van der Waals surface area (Å²) >= 11 is 5.76. The van der Waals surface area contributed by atoms with Gasteiger partial charge in [0.1, 0.15) is 5.82 Å². The average Bonchev–Trinajstić information content (AvgIpc) is 2.35. The molecule has 1 nitrogen and oxygen atoms in total. The smallest absolute Gasteiger partial charge is 0.145 e. The fourth-order valence-corrected chi connectivity index (χ4v) is 2.33. The molecule has 2 aromatic rings. The normalized spacial score (nSPS) is 14.2. The minimum atomic E-state index is -1.13. The van der Waals surface area contributed by atoms with Crippen LogP contribution in [-0.2, 0) is 12.0 Å². The Morgan fingerprint density at radius 2 is 1.89 bits per heavy atom. The zero-order valence-electron chi connectivity index (χ0n) is 11.0. The summed E-state index contributed by atoms with van der Waals surface area (Å²) in [7, 11) is 0. The van der Waals surface area contributed by atoms with E-state index in [-0.39, 0.29) is 11.4 Å². The van der Waals surface area contributed by atoms with Gasteiger partial charge in [-0.25, -0.2) is 4.39 Å². The van der Waals surface area contributed by atoms with Gasteiger partial charge in [0.05, 0.1) is 10.6 Å². The average molecular weight is 279 g/mol. The van der Waals surface area contributed by atoms with Gasteiger partial charge < -0.3 is 5.11 Å². The third-order valence-electron chi connectivity index (χ3n) is 3.21. The second-order valence-corrected chi connectivity index (χ2v) is 5.44. The monoisotopic (exact) mass is 278 g/mol. The van der Waals surface area contributed by atoms with Gasteiger partial charge in [-0.2, -0.15) is 0 Å². The van der Waals surface area contributed by atoms with Crippen molar-refractivity contribution in [1.29, 1.82) is 0 Å². The molecule has 1 N–H and O–H groups in total. The van der Waals surface area contributed by atoms with Crippen molar-refractivity contribution in [2.75, 3.05) is 0 Å². The zero-order chi connectivity index (χ0) is 14.0. The molecule has 0 fully saturated rings. The fourth-order valence-electron chi connectivity index (χ4n) is 2.14. The summed E-state index contributed by atoms with van der Waals surface area (Å²) in [6.45, 7) is 3.64. The van der Waals surface area contributed by atoms with Gasteiger partial charge >= 0.3 is 0 Å². The number of benzene rings is 2. The van der Waals surface area contributed by atoms with Crippen molar-refractivity contribution < 1.29 is 9.50 Å². The molecule has 1 atom stereocenters. The Morgan fingerprint density at radius 3 is 2.58 bits per heavy atom. The van der Waals surface area contributed by atoms with Crippen molar-refractivity contribution >= 4 is 11.6 Å². The second kappa shape index (κ2) is 5.32. The van der Waals surface area contributed by atoms with Crippen molar-refractivity contribution in [3.63, 3.8) is 0 Å². The highest BCUT2D eigenvalue weighted by molar-refractivity contribution is 6.30. The lowest BCUT2D eigenvalue weighted by atomic mass is 9.88. The van der Waals surface area contributed by atoms with E-state index in [0.717, 1.165) is 11.1 Å². The Bertz CT molecular complexity index is 593. The van der Waals surface area contributed by atoms with Gasteiger partial charge in [-0.1, -0.05) is 53.6 Å². The van der Waals surface area contributed by atoms with Crippen molar-refractivity contribution in [3.05, 3.63) is 70.0 Å². The van der Waals surface area contributed by atoms with Crippen LogP contribution in [0.3, 0.4) is 0 Å². The number of aryl methyl sites for hydroxylation is 1. The Balaban J connectivity index is 2.33. The van der Waals surface area contributed by atoms with Gasteiger partial charge in [-0.05, 0) is 31.0 Å². The van der Waals surface area contributed by atoms with Gasteiger partial charge in [-0.15, -0.1) is 0 Å². The third-order valence-corrected chi connectivity index (χ3v) is 3.50. The first kappa shape index (κ1) is 14.0. The molecule has 0 radical (unpaired) electrons. The molecule has 0 saturated carbocycles. The molecule has 1 unspecified atom stereocenters. The molecule has 0 aliphatic rings. The largest absolute Gasteiger partial charge is 0.385 e. The maximum absolute atomic E-state index is 13.9. The Hall–Kier alpha value is -1.38. The molecule has 0 aliphatic carbocycles. The summed E-state index contributed by atoms with van der Waals surface area (Å²) in [5.74, 6) is -0.461. The number of halogens is 2. The first-order valence-corrected chi connectivity index (χ1v) is 6.50. The zero-order valence-corrected chi connectivity index (χ0v) is 11.7. The summed E-state index contributed by atoms with van der Waals surface area (Å²) in [6.07, 6.45) is 0.183. The molecular formula is C16H16ClFO. The minimum Gasteiger partial charge on any atom is -0.385 e. The molecule has 0 aliphatic heterocycles. The quantitative estimate of drug-likeness (QED) is 0.890. The Kier molecular flexibility index (Phi) is 3.93. The standard InChI is InChI=1S/C16H16ClFO/c1-11-5-3-7-13(9-11)16(2,19)10-12-6-4-8-14(17)15(12)18/h3-9,19H,10H2,1-2H3. The fraction of sp³-hybridized carbons (Fsp3) is 0.250. The minimum absolute atomic E-state index is 0.0811. The summed E-state index contributed by atoms with van der Waals surface area (Å²) in [5, 5.41) is 10.7. The maximum Gasteiger partial charge on any atom is 0.145 e. The van der Waals surface area contributed by atoms with Gasteiger partial charge in [0.15, 0.2) is 0 Å². The van der Waals surface area contributed by atoms with Gasteiger partial charge in [0.2, 0.25) is 0 Å². The Labute approximate surface area is 117 Å². The molecule has 0 bridgehead atoms. The predicted molar refractivity (Wildman–Crippen MR) is 75.9 cm³/mol. The molecule has 3 heteroatoms. The molecule has 19 heavy (non-hydrogen) atoms. The molecule has 100 valence electrons. The number of aliphatic hydroxyl groups is 1. The molecule has 0 spiro atoms. The first-order valence-electron chi connectivity index (χ1n) is 6.12. The van der Waals surface area contributed by atoms with Crippen LogP contribution >= 0.6 is 11.6 Å². The van der Waals surface area contributed by atoms with Crippen LogP contribution in [0.4, 0.5) is 4.39 Å². The maximum atomic E-state index is 13.9. The highest BCUT2D eigenvalue weighted by Crippen LogP contribution is 2.28.